The second-order valence-corrected chi connectivity index (χ2v) is 6.11. The first-order chi connectivity index (χ1) is 10.4. The summed E-state index contributed by atoms with van der Waals surface area (Å²) >= 11 is 1.29. The molecule has 0 bridgehead atoms. The average Bonchev–Trinajstić information content (AvgIpc) is 2.91. The van der Waals surface area contributed by atoms with Crippen LogP contribution in [0.4, 0.5) is 10.1 Å². The van der Waals surface area contributed by atoms with E-state index in [0.717, 1.165) is 11.1 Å². The quantitative estimate of drug-likeness (QED) is 0.885. The lowest BCUT2D eigenvalue weighted by molar-refractivity contribution is -0.136. The fourth-order valence-corrected chi connectivity index (χ4v) is 2.60. The molecular weight excluding hydrogens is 307 g/mol. The highest BCUT2D eigenvalue weighted by Gasteiger charge is 2.14. The molecule has 0 saturated carbocycles. The second-order valence-electron chi connectivity index (χ2n) is 5.05. The van der Waals surface area contributed by atoms with Gasteiger partial charge in [-0.15, -0.1) is 11.3 Å². The molecule has 0 aliphatic rings. The minimum absolute atomic E-state index is 0.0744. The van der Waals surface area contributed by atoms with Crippen LogP contribution >= 0.6 is 11.3 Å². The number of hydrogen-bond acceptors (Lipinski definition) is 4. The molecule has 0 fully saturated rings. The molecular formula is C15H15FN2O3S. The molecule has 1 heterocycles. The third-order valence-corrected chi connectivity index (χ3v) is 4.19. The molecule has 2 N–H and O–H groups in total. The Morgan fingerprint density at radius 3 is 2.68 bits per heavy atom. The average molecular weight is 322 g/mol. The van der Waals surface area contributed by atoms with Gasteiger partial charge in [0.05, 0.1) is 17.6 Å². The number of carboxylic acids is 1. The number of hydrogen-bond donors (Lipinski definition) is 2. The minimum atomic E-state index is -1.11. The number of aromatic nitrogens is 1. The van der Waals surface area contributed by atoms with Crippen molar-refractivity contribution < 1.29 is 19.1 Å². The van der Waals surface area contributed by atoms with Crippen molar-refractivity contribution in [1.29, 1.82) is 0 Å². The molecule has 0 saturated heterocycles. The summed E-state index contributed by atoms with van der Waals surface area (Å²) in [6.07, 6.45) is 1.09. The second kappa shape index (κ2) is 6.65. The van der Waals surface area contributed by atoms with E-state index < -0.39 is 18.2 Å². The maximum absolute atomic E-state index is 13.7. The van der Waals surface area contributed by atoms with E-state index in [9.17, 15) is 14.0 Å². The third-order valence-electron chi connectivity index (χ3n) is 2.89. The molecule has 116 valence electrons. The van der Waals surface area contributed by atoms with E-state index in [4.69, 9.17) is 5.11 Å². The number of benzene rings is 1. The predicted molar refractivity (Wildman–Crippen MR) is 81.9 cm³/mol. The lowest BCUT2D eigenvalue weighted by Gasteiger charge is -2.06. The van der Waals surface area contributed by atoms with Gasteiger partial charge in [0.1, 0.15) is 10.7 Å². The molecule has 2 rings (SSSR count). The number of carbonyl (C=O) groups is 2. The zero-order chi connectivity index (χ0) is 16.3. The van der Waals surface area contributed by atoms with Gasteiger partial charge in [-0.25, -0.2) is 9.37 Å². The van der Waals surface area contributed by atoms with Gasteiger partial charge in [-0.05, 0) is 17.7 Å². The van der Waals surface area contributed by atoms with Crippen LogP contribution in [0.1, 0.15) is 40.0 Å². The molecule has 2 aromatic rings. The van der Waals surface area contributed by atoms with Gasteiger partial charge in [-0.3, -0.25) is 9.59 Å². The lowest BCUT2D eigenvalue weighted by Crippen LogP contribution is -2.11. The largest absolute Gasteiger partial charge is 0.481 e. The Morgan fingerprint density at radius 2 is 2.14 bits per heavy atom. The Kier molecular flexibility index (Phi) is 4.87. The van der Waals surface area contributed by atoms with Crippen LogP contribution in [0.25, 0.3) is 0 Å². The van der Waals surface area contributed by atoms with Crippen molar-refractivity contribution in [3.05, 3.63) is 45.7 Å². The first kappa shape index (κ1) is 16.1. The van der Waals surface area contributed by atoms with Gasteiger partial charge in [-0.2, -0.15) is 0 Å². The van der Waals surface area contributed by atoms with Crippen molar-refractivity contribution in [2.75, 3.05) is 5.32 Å². The maximum atomic E-state index is 13.7. The number of nitrogens with zero attached hydrogens (tertiary/aromatic N) is 1. The first-order valence-corrected chi connectivity index (χ1v) is 7.45. The summed E-state index contributed by atoms with van der Waals surface area (Å²) in [6, 6.07) is 3.94. The van der Waals surface area contributed by atoms with Gasteiger partial charge in [-0.1, -0.05) is 19.9 Å². The monoisotopic (exact) mass is 322 g/mol. The van der Waals surface area contributed by atoms with Gasteiger partial charge in [0, 0.05) is 11.6 Å². The SMILES string of the molecule is CC(C)c1ncc(C(=O)Nc2ccc(CC(=O)O)c(F)c2)s1. The van der Waals surface area contributed by atoms with Gasteiger partial charge in [0.2, 0.25) is 0 Å². The Morgan fingerprint density at radius 1 is 1.41 bits per heavy atom. The number of thiazole rings is 1. The summed E-state index contributed by atoms with van der Waals surface area (Å²) in [6.45, 7) is 3.97. The van der Waals surface area contributed by atoms with Crippen molar-refractivity contribution in [3.8, 4) is 0 Å². The molecule has 1 aromatic carbocycles. The Bertz CT molecular complexity index is 713. The van der Waals surface area contributed by atoms with Crippen molar-refractivity contribution in [3.63, 3.8) is 0 Å². The van der Waals surface area contributed by atoms with E-state index in [1.54, 1.807) is 0 Å². The summed E-state index contributed by atoms with van der Waals surface area (Å²) in [4.78, 5) is 27.3. The van der Waals surface area contributed by atoms with E-state index >= 15 is 0 Å². The maximum Gasteiger partial charge on any atom is 0.307 e. The van der Waals surface area contributed by atoms with Crippen LogP contribution in [0.3, 0.4) is 0 Å². The topological polar surface area (TPSA) is 79.3 Å². The minimum Gasteiger partial charge on any atom is -0.481 e. The summed E-state index contributed by atoms with van der Waals surface area (Å²) in [7, 11) is 0. The molecule has 1 amide bonds. The van der Waals surface area contributed by atoms with E-state index in [1.165, 1.54) is 29.7 Å². The predicted octanol–water partition coefficient (Wildman–Crippen LogP) is 3.29. The molecule has 0 spiro atoms. The van der Waals surface area contributed by atoms with Crippen LogP contribution in [0, 0.1) is 5.82 Å². The zero-order valence-corrected chi connectivity index (χ0v) is 12.9. The van der Waals surface area contributed by atoms with E-state index in [0.29, 0.717) is 4.88 Å². The molecule has 1 aromatic heterocycles. The van der Waals surface area contributed by atoms with Gasteiger partial charge < -0.3 is 10.4 Å². The molecule has 0 atom stereocenters. The molecule has 7 heteroatoms. The van der Waals surface area contributed by atoms with Crippen LogP contribution < -0.4 is 5.32 Å². The van der Waals surface area contributed by atoms with E-state index in [1.807, 2.05) is 13.8 Å². The van der Waals surface area contributed by atoms with Crippen LogP contribution in [0.5, 0.6) is 0 Å². The van der Waals surface area contributed by atoms with Crippen molar-refractivity contribution in [2.24, 2.45) is 0 Å². The van der Waals surface area contributed by atoms with Crippen molar-refractivity contribution in [2.45, 2.75) is 26.2 Å². The van der Waals surface area contributed by atoms with Crippen molar-refractivity contribution in [1.82, 2.24) is 4.98 Å². The smallest absolute Gasteiger partial charge is 0.307 e. The number of carboxylic acid groups (broad SMARTS) is 1. The first-order valence-electron chi connectivity index (χ1n) is 6.64. The van der Waals surface area contributed by atoms with Crippen LogP contribution in [-0.2, 0) is 11.2 Å². The van der Waals surface area contributed by atoms with Gasteiger partial charge >= 0.3 is 5.97 Å². The fourth-order valence-electron chi connectivity index (χ4n) is 1.78. The normalized spacial score (nSPS) is 10.7. The molecule has 0 aliphatic heterocycles. The summed E-state index contributed by atoms with van der Waals surface area (Å²) < 4.78 is 13.7. The van der Waals surface area contributed by atoms with Crippen LogP contribution in [0.15, 0.2) is 24.4 Å². The Balaban J connectivity index is 2.11. The number of halogens is 1. The number of anilines is 1. The highest BCUT2D eigenvalue weighted by molar-refractivity contribution is 7.13. The van der Waals surface area contributed by atoms with E-state index in [2.05, 4.69) is 10.3 Å². The van der Waals surface area contributed by atoms with E-state index in [-0.39, 0.29) is 23.1 Å². The highest BCUT2D eigenvalue weighted by Crippen LogP contribution is 2.22. The summed E-state index contributed by atoms with van der Waals surface area (Å²) in [5.41, 5.74) is 0.349. The molecule has 22 heavy (non-hydrogen) atoms. The lowest BCUT2D eigenvalue weighted by atomic mass is 10.1. The summed E-state index contributed by atoms with van der Waals surface area (Å²) in [5, 5.41) is 12.1. The zero-order valence-electron chi connectivity index (χ0n) is 12.1. The Labute approximate surface area is 130 Å². The number of rotatable bonds is 5. The van der Waals surface area contributed by atoms with Gasteiger partial charge in [0.25, 0.3) is 5.91 Å². The fraction of sp³-hybridized carbons (Fsp3) is 0.267. The standard InChI is InChI=1S/C15H15FN2O3S/c1-8(2)15-17-7-12(22-15)14(21)18-10-4-3-9(5-13(19)20)11(16)6-10/h3-4,6-8H,5H2,1-2H3,(H,18,21)(H,19,20). The number of aliphatic carboxylic acids is 1. The third kappa shape index (κ3) is 3.88. The molecule has 0 aliphatic carbocycles. The molecule has 0 radical (unpaired) electrons. The number of amides is 1. The number of nitrogens with one attached hydrogen (secondary N) is 1. The van der Waals surface area contributed by atoms with Crippen molar-refractivity contribution >= 4 is 28.9 Å². The highest BCUT2D eigenvalue weighted by atomic mass is 32.1. The number of carbonyl (C=O) groups excluding carboxylic acids is 1. The van der Waals surface area contributed by atoms with Gasteiger partial charge in [0.15, 0.2) is 0 Å². The van der Waals surface area contributed by atoms with Crippen LogP contribution in [0.2, 0.25) is 0 Å². The molecule has 0 unspecified atom stereocenters. The Hall–Kier alpha value is -2.28. The molecule has 5 nitrogen and oxygen atoms in total. The van der Waals surface area contributed by atoms with Crippen LogP contribution in [-0.4, -0.2) is 22.0 Å². The summed E-state index contributed by atoms with van der Waals surface area (Å²) in [5.74, 6) is -1.90.